The minimum atomic E-state index is -3.04. The fourth-order valence-electron chi connectivity index (χ4n) is 3.23. The van der Waals surface area contributed by atoms with E-state index in [1.165, 1.54) is 6.26 Å². The molecule has 154 valence electrons. The lowest BCUT2D eigenvalue weighted by atomic mass is 9.90. The number of rotatable bonds is 9. The molecule has 0 fully saturated rings. The van der Waals surface area contributed by atoms with E-state index in [0.29, 0.717) is 35.1 Å². The van der Waals surface area contributed by atoms with Crippen molar-refractivity contribution >= 4 is 33.0 Å². The maximum Gasteiger partial charge on any atom is 0.157 e. The lowest BCUT2D eigenvalue weighted by Gasteiger charge is -2.21. The van der Waals surface area contributed by atoms with Crippen LogP contribution in [0.15, 0.2) is 24.3 Å². The van der Waals surface area contributed by atoms with Gasteiger partial charge in [0.25, 0.3) is 0 Å². The largest absolute Gasteiger partial charge is 0.490 e. The first kappa shape index (κ1) is 23.0. The molecule has 0 aliphatic rings. The predicted octanol–water partition coefficient (Wildman–Crippen LogP) is 5.09. The van der Waals surface area contributed by atoms with Crippen molar-refractivity contribution in [2.45, 2.75) is 39.7 Å². The molecule has 7 heteroatoms. The van der Waals surface area contributed by atoms with Crippen LogP contribution < -0.4 is 4.74 Å². The Kier molecular flexibility index (Phi) is 8.19. The highest BCUT2D eigenvalue weighted by molar-refractivity contribution is 7.90. The normalized spacial score (nSPS) is 11.6. The van der Waals surface area contributed by atoms with Crippen molar-refractivity contribution in [1.29, 1.82) is 0 Å². The SMILES string of the molecule is CCc1c(Cl)c(OCCCS(C)(=O)=O)c(Cl)c(CC)c1-c1cccc(CO)c1. The van der Waals surface area contributed by atoms with Crippen LogP contribution in [0.25, 0.3) is 11.1 Å². The van der Waals surface area contributed by atoms with Crippen molar-refractivity contribution in [2.75, 3.05) is 18.6 Å². The van der Waals surface area contributed by atoms with Crippen molar-refractivity contribution in [3.8, 4) is 16.9 Å². The second kappa shape index (κ2) is 9.97. The standard InChI is InChI=1S/C21H26Cl2O4S/c1-4-16-18(15-9-6-8-14(12-15)13-24)17(5-2)20(23)21(19(16)22)27-10-7-11-28(3,25)26/h6,8-9,12,24H,4-5,7,10-11,13H2,1-3H3. The fraction of sp³-hybridized carbons (Fsp3) is 0.429. The van der Waals surface area contributed by atoms with Crippen molar-refractivity contribution in [3.05, 3.63) is 51.0 Å². The zero-order valence-corrected chi connectivity index (χ0v) is 18.7. The lowest BCUT2D eigenvalue weighted by molar-refractivity contribution is 0.282. The van der Waals surface area contributed by atoms with Gasteiger partial charge in [-0.25, -0.2) is 8.42 Å². The van der Waals surface area contributed by atoms with Gasteiger partial charge in [0.1, 0.15) is 9.84 Å². The number of benzene rings is 2. The molecule has 28 heavy (non-hydrogen) atoms. The van der Waals surface area contributed by atoms with Crippen molar-refractivity contribution < 1.29 is 18.3 Å². The predicted molar refractivity (Wildman–Crippen MR) is 116 cm³/mol. The van der Waals surface area contributed by atoms with Crippen LogP contribution in [0.5, 0.6) is 5.75 Å². The highest BCUT2D eigenvalue weighted by atomic mass is 35.5. The third-order valence-corrected chi connectivity index (χ3v) is 6.37. The Morgan fingerprint density at radius 2 is 1.68 bits per heavy atom. The molecular formula is C21H26Cl2O4S. The van der Waals surface area contributed by atoms with Gasteiger partial charge >= 0.3 is 0 Å². The highest BCUT2D eigenvalue weighted by Gasteiger charge is 2.22. The van der Waals surface area contributed by atoms with E-state index < -0.39 is 9.84 Å². The third-order valence-electron chi connectivity index (χ3n) is 4.54. The molecule has 0 radical (unpaired) electrons. The first-order chi connectivity index (χ1) is 13.2. The molecular weight excluding hydrogens is 419 g/mol. The molecule has 4 nitrogen and oxygen atoms in total. The van der Waals surface area contributed by atoms with E-state index in [9.17, 15) is 13.5 Å². The van der Waals surface area contributed by atoms with Crippen LogP contribution in [0, 0.1) is 0 Å². The Bertz CT molecular complexity index is 909. The number of halogens is 2. The number of ether oxygens (including phenoxy) is 1. The molecule has 2 aromatic carbocycles. The monoisotopic (exact) mass is 444 g/mol. The molecule has 0 atom stereocenters. The molecule has 0 saturated heterocycles. The topological polar surface area (TPSA) is 63.6 Å². The Morgan fingerprint density at radius 1 is 1.07 bits per heavy atom. The molecule has 0 aliphatic heterocycles. The van der Waals surface area contributed by atoms with Crippen LogP contribution in [-0.2, 0) is 29.3 Å². The van der Waals surface area contributed by atoms with E-state index in [-0.39, 0.29) is 19.0 Å². The second-order valence-corrected chi connectivity index (χ2v) is 9.70. The molecule has 1 N–H and O–H groups in total. The van der Waals surface area contributed by atoms with E-state index >= 15 is 0 Å². The molecule has 0 unspecified atom stereocenters. The molecule has 0 amide bonds. The zero-order valence-electron chi connectivity index (χ0n) is 16.4. The van der Waals surface area contributed by atoms with Gasteiger partial charge in [-0.15, -0.1) is 0 Å². The maximum atomic E-state index is 11.3. The molecule has 0 aliphatic carbocycles. The minimum Gasteiger partial charge on any atom is -0.490 e. The lowest BCUT2D eigenvalue weighted by Crippen LogP contribution is -2.09. The fourth-order valence-corrected chi connectivity index (χ4v) is 4.68. The summed E-state index contributed by atoms with van der Waals surface area (Å²) in [5.41, 5.74) is 4.59. The number of hydrogen-bond donors (Lipinski definition) is 1. The summed E-state index contributed by atoms with van der Waals surface area (Å²) in [7, 11) is -3.04. The van der Waals surface area contributed by atoms with E-state index in [1.54, 1.807) is 0 Å². The summed E-state index contributed by atoms with van der Waals surface area (Å²) in [6.07, 6.45) is 2.93. The zero-order chi connectivity index (χ0) is 20.9. The van der Waals surface area contributed by atoms with Gasteiger partial charge in [0.15, 0.2) is 5.75 Å². The molecule has 0 bridgehead atoms. The van der Waals surface area contributed by atoms with E-state index in [1.807, 2.05) is 38.1 Å². The van der Waals surface area contributed by atoms with Crippen LogP contribution >= 0.6 is 23.2 Å². The summed E-state index contributed by atoms with van der Waals surface area (Å²) in [4.78, 5) is 0. The van der Waals surface area contributed by atoms with Crippen molar-refractivity contribution in [3.63, 3.8) is 0 Å². The highest BCUT2D eigenvalue weighted by Crippen LogP contribution is 2.45. The Morgan fingerprint density at radius 3 is 2.18 bits per heavy atom. The van der Waals surface area contributed by atoms with Gasteiger partial charge in [-0.2, -0.15) is 0 Å². The van der Waals surface area contributed by atoms with Gasteiger partial charge in [-0.3, -0.25) is 0 Å². The number of hydrogen-bond acceptors (Lipinski definition) is 4. The molecule has 2 aromatic rings. The first-order valence-electron chi connectivity index (χ1n) is 9.26. The minimum absolute atomic E-state index is 0.0419. The van der Waals surface area contributed by atoms with Crippen LogP contribution in [-0.4, -0.2) is 32.1 Å². The summed E-state index contributed by atoms with van der Waals surface area (Å²) < 4.78 is 28.4. The van der Waals surface area contributed by atoms with Crippen LogP contribution in [0.3, 0.4) is 0 Å². The van der Waals surface area contributed by atoms with Gasteiger partial charge in [0, 0.05) is 6.26 Å². The van der Waals surface area contributed by atoms with Gasteiger partial charge in [0.2, 0.25) is 0 Å². The Balaban J connectivity index is 2.51. The summed E-state index contributed by atoms with van der Waals surface area (Å²) in [6, 6.07) is 7.68. The summed E-state index contributed by atoms with van der Waals surface area (Å²) in [5, 5.41) is 10.4. The molecule has 0 saturated carbocycles. The number of aliphatic hydroxyl groups is 1. The first-order valence-corrected chi connectivity index (χ1v) is 12.1. The Labute approximate surface area is 177 Å². The van der Waals surface area contributed by atoms with Crippen LogP contribution in [0.1, 0.15) is 37.0 Å². The molecule has 0 spiro atoms. The average molecular weight is 445 g/mol. The van der Waals surface area contributed by atoms with Crippen LogP contribution in [0.4, 0.5) is 0 Å². The van der Waals surface area contributed by atoms with E-state index in [2.05, 4.69) is 0 Å². The number of aliphatic hydroxyl groups excluding tert-OH is 1. The van der Waals surface area contributed by atoms with Gasteiger partial charge < -0.3 is 9.84 Å². The average Bonchev–Trinajstić information content (AvgIpc) is 2.66. The smallest absolute Gasteiger partial charge is 0.157 e. The Hall–Kier alpha value is -1.27. The summed E-state index contributed by atoms with van der Waals surface area (Å²) >= 11 is 13.3. The molecule has 2 rings (SSSR count). The summed E-state index contributed by atoms with van der Waals surface area (Å²) in [5.74, 6) is 0.461. The molecule has 0 aromatic heterocycles. The van der Waals surface area contributed by atoms with Crippen molar-refractivity contribution in [2.24, 2.45) is 0 Å². The van der Waals surface area contributed by atoms with E-state index in [0.717, 1.165) is 27.8 Å². The second-order valence-electron chi connectivity index (χ2n) is 6.69. The van der Waals surface area contributed by atoms with E-state index in [4.69, 9.17) is 27.9 Å². The third kappa shape index (κ3) is 5.41. The van der Waals surface area contributed by atoms with Gasteiger partial charge in [0.05, 0.1) is 29.0 Å². The quantitative estimate of drug-likeness (QED) is 0.546. The van der Waals surface area contributed by atoms with Gasteiger partial charge in [-0.1, -0.05) is 55.2 Å². The molecule has 0 heterocycles. The van der Waals surface area contributed by atoms with Crippen LogP contribution in [0.2, 0.25) is 10.0 Å². The van der Waals surface area contributed by atoms with Gasteiger partial charge in [-0.05, 0) is 53.1 Å². The maximum absolute atomic E-state index is 11.3. The summed E-state index contributed by atoms with van der Waals surface area (Å²) in [6.45, 7) is 4.21. The van der Waals surface area contributed by atoms with Crippen molar-refractivity contribution in [1.82, 2.24) is 0 Å². The number of sulfone groups is 1.